The molecule has 24 valence electrons. The van der Waals surface area contributed by atoms with Crippen LogP contribution in [0, 0.1) is 0 Å². The fraction of sp³-hybridized carbons (Fsp3) is 1.00. The van der Waals surface area contributed by atoms with E-state index in [0.29, 0.717) is 0 Å². The van der Waals surface area contributed by atoms with Gasteiger partial charge in [-0.3, -0.25) is 0 Å². The molecular formula is CB2FI. The summed E-state index contributed by atoms with van der Waals surface area (Å²) in [5, 5.41) is 0. The first-order chi connectivity index (χ1) is 2.21. The molecule has 0 spiro atoms. The fourth-order valence-electron chi connectivity index (χ4n) is 0.0630. The zero-order chi connectivity index (χ0) is 3.91. The van der Waals surface area contributed by atoms with Crippen LogP contribution in [0.3, 0.4) is 0 Å². The van der Waals surface area contributed by atoms with Gasteiger partial charge in [-0.15, -0.1) is 0 Å². The Morgan fingerprint density at radius 1 is 1.60 bits per heavy atom. The number of hydrogen-bond donors (Lipinski definition) is 0. The van der Waals surface area contributed by atoms with E-state index < -0.39 is 3.47 Å². The molecule has 0 amide bonds. The zero-order valence-corrected chi connectivity index (χ0v) is 4.57. The molecule has 0 atom stereocenters. The van der Waals surface area contributed by atoms with Crippen LogP contribution in [0.25, 0.3) is 0 Å². The number of halogens is 2. The van der Waals surface area contributed by atoms with Crippen molar-refractivity contribution >= 4 is 36.2 Å². The molecule has 0 aromatic rings. The molecule has 4 heteroatoms. The predicted octanol–water partition coefficient (Wildman–Crippen LogP) is 0.339. The molecule has 1 aliphatic rings. The van der Waals surface area contributed by atoms with E-state index in [1.54, 1.807) is 22.6 Å². The molecule has 0 saturated heterocycles. The van der Waals surface area contributed by atoms with Crippen molar-refractivity contribution in [3.63, 3.8) is 0 Å². The minimum atomic E-state index is -1.03. The molecule has 0 aromatic carbocycles. The third kappa shape index (κ3) is 1.11. The number of hydrogen-bond acceptors (Lipinski definition) is 0. The summed E-state index contributed by atoms with van der Waals surface area (Å²) < 4.78 is 10.6. The van der Waals surface area contributed by atoms with Gasteiger partial charge in [0.2, 0.25) is 0 Å². The third-order valence-electron chi connectivity index (χ3n) is 0.419. The number of alkyl halides is 2. The average molecular weight is 180 g/mol. The first kappa shape index (κ1) is 3.96. The van der Waals surface area contributed by atoms with Gasteiger partial charge in [-0.05, 0) is 0 Å². The summed E-state index contributed by atoms with van der Waals surface area (Å²) in [5.41, 5.74) is 0. The second-order valence-electron chi connectivity index (χ2n) is 1.01. The van der Waals surface area contributed by atoms with Crippen LogP contribution in [0.5, 0.6) is 0 Å². The zero-order valence-electron chi connectivity index (χ0n) is 2.41. The van der Waals surface area contributed by atoms with Gasteiger partial charge in [0.05, 0.1) is 0 Å². The molecular weight excluding hydrogens is 180 g/mol. The summed E-state index contributed by atoms with van der Waals surface area (Å²) in [4.78, 5) is 0. The fourth-order valence-corrected chi connectivity index (χ4v) is 0.243. The van der Waals surface area contributed by atoms with Gasteiger partial charge in [0, 0.05) is 0 Å². The Labute approximate surface area is 44.4 Å². The molecule has 0 fully saturated rings. The normalized spacial score (nSPS) is 23.6. The van der Waals surface area contributed by atoms with E-state index in [1.807, 2.05) is 0 Å². The molecule has 0 unspecified atom stereocenters. The second-order valence-corrected chi connectivity index (χ2v) is 2.66. The summed E-state index contributed by atoms with van der Waals surface area (Å²) in [5.74, 6) is 0. The molecule has 1 rings (SSSR count). The molecule has 0 saturated carbocycles. The van der Waals surface area contributed by atoms with Crippen LogP contribution in [0.15, 0.2) is 0 Å². The quantitative estimate of drug-likeness (QED) is 0.286. The van der Waals surface area contributed by atoms with E-state index in [-0.39, 0.29) is 0 Å². The van der Waals surface area contributed by atoms with Crippen molar-refractivity contribution in [3.8, 4) is 0 Å². The van der Waals surface area contributed by atoms with Crippen LogP contribution in [0.1, 0.15) is 0 Å². The number of rotatable bonds is 0. The molecule has 0 radical (unpaired) electrons. The SMILES string of the molecule is FC1(I)B=B1. The van der Waals surface area contributed by atoms with E-state index in [1.165, 1.54) is 13.6 Å². The maximum atomic E-state index is 11.7. The van der Waals surface area contributed by atoms with Gasteiger partial charge in [-0.1, -0.05) is 0 Å². The van der Waals surface area contributed by atoms with Gasteiger partial charge in [0.1, 0.15) is 0 Å². The summed E-state index contributed by atoms with van der Waals surface area (Å²) in [6.45, 7) is 3.02. The summed E-state index contributed by atoms with van der Waals surface area (Å²) in [7, 11) is 0. The van der Waals surface area contributed by atoms with Crippen molar-refractivity contribution in [2.75, 3.05) is 0 Å². The van der Waals surface area contributed by atoms with Crippen LogP contribution in [-0.2, 0) is 0 Å². The van der Waals surface area contributed by atoms with Gasteiger partial charge in [0.25, 0.3) is 0 Å². The Hall–Kier alpha value is 0.790. The van der Waals surface area contributed by atoms with Gasteiger partial charge < -0.3 is 0 Å². The minimum absolute atomic E-state index is 1.03. The van der Waals surface area contributed by atoms with E-state index >= 15 is 0 Å². The monoisotopic (exact) mass is 180 g/mol. The summed E-state index contributed by atoms with van der Waals surface area (Å²) >= 11 is 1.71. The first-order valence-corrected chi connectivity index (χ1v) is 2.37. The molecule has 0 aromatic heterocycles. The Bertz CT molecular complexity index is 69.7. The van der Waals surface area contributed by atoms with E-state index in [2.05, 4.69) is 0 Å². The van der Waals surface area contributed by atoms with Crippen molar-refractivity contribution < 1.29 is 4.39 Å². The van der Waals surface area contributed by atoms with Crippen LogP contribution < -0.4 is 0 Å². The van der Waals surface area contributed by atoms with E-state index in [0.717, 1.165) is 0 Å². The average Bonchev–Trinajstić information content (AvgIpc) is 1.76. The van der Waals surface area contributed by atoms with Crippen LogP contribution in [0.4, 0.5) is 4.39 Å². The van der Waals surface area contributed by atoms with Crippen molar-refractivity contribution in [1.82, 2.24) is 0 Å². The van der Waals surface area contributed by atoms with Gasteiger partial charge in [0.15, 0.2) is 0 Å². The Morgan fingerprint density at radius 3 is 1.80 bits per heavy atom. The van der Waals surface area contributed by atoms with Crippen molar-refractivity contribution in [2.45, 2.75) is 3.47 Å². The first-order valence-electron chi connectivity index (χ1n) is 1.29. The Kier molecular flexibility index (Phi) is 0.706. The van der Waals surface area contributed by atoms with Gasteiger partial charge >= 0.3 is 44.1 Å². The molecule has 1 aliphatic heterocycles. The standard InChI is InChI=1S/CB2FI/c4-1(5)2-3-1. The van der Waals surface area contributed by atoms with Crippen molar-refractivity contribution in [2.24, 2.45) is 0 Å². The second kappa shape index (κ2) is 0.890. The molecule has 1 heterocycles. The van der Waals surface area contributed by atoms with Crippen molar-refractivity contribution in [3.05, 3.63) is 0 Å². The van der Waals surface area contributed by atoms with Crippen LogP contribution >= 0.6 is 22.6 Å². The van der Waals surface area contributed by atoms with E-state index in [9.17, 15) is 4.39 Å². The molecule has 0 aliphatic carbocycles. The third-order valence-corrected chi connectivity index (χ3v) is 1.14. The summed E-state index contributed by atoms with van der Waals surface area (Å²) in [6, 6.07) is 0. The Balaban J connectivity index is 2.47. The molecule has 0 bridgehead atoms. The Morgan fingerprint density at radius 2 is 1.80 bits per heavy atom. The van der Waals surface area contributed by atoms with Gasteiger partial charge in [-0.2, -0.15) is 0 Å². The summed E-state index contributed by atoms with van der Waals surface area (Å²) in [6.07, 6.45) is 0. The van der Waals surface area contributed by atoms with E-state index in [4.69, 9.17) is 0 Å². The van der Waals surface area contributed by atoms with Crippen LogP contribution in [0.2, 0.25) is 0 Å². The molecule has 5 heavy (non-hydrogen) atoms. The topological polar surface area (TPSA) is 0 Å². The molecule has 0 nitrogen and oxygen atoms in total. The predicted molar refractivity (Wildman–Crippen MR) is 29.4 cm³/mol. The molecule has 0 N–H and O–H groups in total. The maximum absolute atomic E-state index is 11.7. The van der Waals surface area contributed by atoms with Crippen molar-refractivity contribution in [1.29, 1.82) is 0 Å². The van der Waals surface area contributed by atoms with Gasteiger partial charge in [-0.25, -0.2) is 0 Å². The van der Waals surface area contributed by atoms with Crippen LogP contribution in [-0.4, -0.2) is 17.1 Å².